The minimum Gasteiger partial charge on any atom is -0.352 e. The number of hydrogen-bond acceptors (Lipinski definition) is 6. The van der Waals surface area contributed by atoms with Crippen LogP contribution in [0.3, 0.4) is 0 Å². The Morgan fingerprint density at radius 2 is 2.12 bits per heavy atom. The molecule has 136 valence electrons. The Bertz CT molecular complexity index is 936. The summed E-state index contributed by atoms with van der Waals surface area (Å²) in [5, 5.41) is 8.52. The summed E-state index contributed by atoms with van der Waals surface area (Å²) >= 11 is 1.13. The van der Waals surface area contributed by atoms with Gasteiger partial charge in [-0.2, -0.15) is 5.10 Å². The molecule has 3 aromatic heterocycles. The highest BCUT2D eigenvalue weighted by atomic mass is 32.2. The van der Waals surface area contributed by atoms with Crippen molar-refractivity contribution in [2.24, 2.45) is 0 Å². The molecule has 0 aliphatic carbocycles. The maximum Gasteiger partial charge on any atom is 0.250 e. The minimum atomic E-state index is -3.54. The third-order valence-corrected chi connectivity index (χ3v) is 6.30. The van der Waals surface area contributed by atoms with Gasteiger partial charge in [-0.3, -0.25) is 4.79 Å². The van der Waals surface area contributed by atoms with E-state index in [9.17, 15) is 13.2 Å². The lowest BCUT2D eigenvalue weighted by Gasteiger charge is -2.07. The molecule has 3 rings (SSSR count). The van der Waals surface area contributed by atoms with Crippen molar-refractivity contribution >= 4 is 27.3 Å². The van der Waals surface area contributed by atoms with Gasteiger partial charge in [-0.25, -0.2) is 22.8 Å². The summed E-state index contributed by atoms with van der Waals surface area (Å²) in [6.07, 6.45) is 5.18. The largest absolute Gasteiger partial charge is 0.352 e. The summed E-state index contributed by atoms with van der Waals surface area (Å²) < 4.78 is 28.2. The van der Waals surface area contributed by atoms with Gasteiger partial charge in [0.1, 0.15) is 4.21 Å². The van der Waals surface area contributed by atoms with Crippen LogP contribution in [0.15, 0.2) is 58.5 Å². The predicted molar refractivity (Wildman–Crippen MR) is 97.3 cm³/mol. The molecule has 1 amide bonds. The molecule has 26 heavy (non-hydrogen) atoms. The smallest absolute Gasteiger partial charge is 0.250 e. The molecule has 0 spiro atoms. The number of pyridine rings is 1. The van der Waals surface area contributed by atoms with Crippen molar-refractivity contribution in [2.75, 3.05) is 6.54 Å². The standard InChI is InChI=1S/C16H17N5O3S2/c22-15(6-8-20-26(23,24)16-3-1-10-25-16)18-12-13-4-5-14(17-11-13)21-9-2-7-19-21/h1-5,7,9-11,20H,6,8,12H2,(H,18,22). The second-order valence-corrected chi connectivity index (χ2v) is 8.27. The van der Waals surface area contributed by atoms with Crippen LogP contribution in [0, 0.1) is 0 Å². The molecule has 8 nitrogen and oxygen atoms in total. The fourth-order valence-electron chi connectivity index (χ4n) is 2.14. The third kappa shape index (κ3) is 4.75. The Labute approximate surface area is 154 Å². The van der Waals surface area contributed by atoms with Crippen LogP contribution >= 0.6 is 11.3 Å². The molecule has 0 fully saturated rings. The molecule has 0 aliphatic heterocycles. The van der Waals surface area contributed by atoms with Crippen LogP contribution in [0.4, 0.5) is 0 Å². The maximum atomic E-state index is 11.9. The molecule has 0 saturated carbocycles. The number of nitrogens with one attached hydrogen (secondary N) is 2. The van der Waals surface area contributed by atoms with Gasteiger partial charge in [-0.15, -0.1) is 11.3 Å². The summed E-state index contributed by atoms with van der Waals surface area (Å²) in [5.74, 6) is 0.447. The molecular formula is C16H17N5O3S2. The number of rotatable bonds is 8. The average Bonchev–Trinajstić information content (AvgIpc) is 3.34. The van der Waals surface area contributed by atoms with E-state index >= 15 is 0 Å². The SMILES string of the molecule is O=C(CCNS(=O)(=O)c1cccs1)NCc1ccc(-n2cccn2)nc1. The highest BCUT2D eigenvalue weighted by Gasteiger charge is 2.14. The second-order valence-electron chi connectivity index (χ2n) is 5.33. The van der Waals surface area contributed by atoms with Crippen LogP contribution in [0.25, 0.3) is 5.82 Å². The van der Waals surface area contributed by atoms with Crippen LogP contribution in [0.5, 0.6) is 0 Å². The number of hydrogen-bond donors (Lipinski definition) is 2. The first-order chi connectivity index (χ1) is 12.5. The van der Waals surface area contributed by atoms with Crippen molar-refractivity contribution in [2.45, 2.75) is 17.2 Å². The van der Waals surface area contributed by atoms with Gasteiger partial charge < -0.3 is 5.32 Å². The Kier molecular flexibility index (Phi) is 5.76. The van der Waals surface area contributed by atoms with Gasteiger partial charge in [0.2, 0.25) is 15.9 Å². The summed E-state index contributed by atoms with van der Waals surface area (Å²) in [7, 11) is -3.54. The summed E-state index contributed by atoms with van der Waals surface area (Å²) in [5.41, 5.74) is 0.841. The number of nitrogens with zero attached hydrogens (tertiary/aromatic N) is 3. The van der Waals surface area contributed by atoms with Gasteiger partial charge >= 0.3 is 0 Å². The van der Waals surface area contributed by atoms with Crippen LogP contribution < -0.4 is 10.0 Å². The van der Waals surface area contributed by atoms with E-state index in [1.807, 2.05) is 18.2 Å². The van der Waals surface area contributed by atoms with Gasteiger partial charge in [-0.1, -0.05) is 12.1 Å². The normalized spacial score (nSPS) is 11.4. The average molecular weight is 391 g/mol. The fourth-order valence-corrected chi connectivity index (χ4v) is 4.21. The quantitative estimate of drug-likeness (QED) is 0.602. The fraction of sp³-hybridized carbons (Fsp3) is 0.188. The van der Waals surface area contributed by atoms with Gasteiger partial charge in [0.15, 0.2) is 5.82 Å². The Hall–Kier alpha value is -2.56. The number of sulfonamides is 1. The molecule has 0 saturated heterocycles. The molecular weight excluding hydrogens is 374 g/mol. The van der Waals surface area contributed by atoms with E-state index in [2.05, 4.69) is 20.1 Å². The van der Waals surface area contributed by atoms with Gasteiger partial charge in [0, 0.05) is 38.1 Å². The van der Waals surface area contributed by atoms with E-state index < -0.39 is 10.0 Å². The second kappa shape index (κ2) is 8.21. The monoisotopic (exact) mass is 391 g/mol. The number of carbonyl (C=O) groups excluding carboxylic acids is 1. The Morgan fingerprint density at radius 1 is 1.23 bits per heavy atom. The van der Waals surface area contributed by atoms with Gasteiger partial charge in [-0.05, 0) is 29.1 Å². The number of carbonyl (C=O) groups is 1. The number of thiophene rings is 1. The van der Waals surface area contributed by atoms with Crippen LogP contribution in [0.1, 0.15) is 12.0 Å². The molecule has 3 aromatic rings. The van der Waals surface area contributed by atoms with Crippen LogP contribution in [-0.4, -0.2) is 35.6 Å². The lowest BCUT2D eigenvalue weighted by atomic mass is 10.2. The lowest BCUT2D eigenvalue weighted by molar-refractivity contribution is -0.121. The van der Waals surface area contributed by atoms with Crippen molar-refractivity contribution < 1.29 is 13.2 Å². The van der Waals surface area contributed by atoms with E-state index in [-0.39, 0.29) is 23.1 Å². The van der Waals surface area contributed by atoms with Gasteiger partial charge in [0.05, 0.1) is 0 Å². The molecule has 0 atom stereocenters. The zero-order chi connectivity index (χ0) is 18.4. The molecule has 10 heteroatoms. The molecule has 0 radical (unpaired) electrons. The first kappa shape index (κ1) is 18.2. The Morgan fingerprint density at radius 3 is 2.77 bits per heavy atom. The molecule has 0 aliphatic rings. The minimum absolute atomic E-state index is 0.0442. The highest BCUT2D eigenvalue weighted by molar-refractivity contribution is 7.91. The highest BCUT2D eigenvalue weighted by Crippen LogP contribution is 2.14. The molecule has 0 bridgehead atoms. The van der Waals surface area contributed by atoms with E-state index in [4.69, 9.17) is 0 Å². The van der Waals surface area contributed by atoms with E-state index in [0.717, 1.165) is 16.9 Å². The van der Waals surface area contributed by atoms with Crippen molar-refractivity contribution in [1.82, 2.24) is 24.8 Å². The number of aromatic nitrogens is 3. The first-order valence-electron chi connectivity index (χ1n) is 7.79. The molecule has 2 N–H and O–H groups in total. The lowest BCUT2D eigenvalue weighted by Crippen LogP contribution is -2.30. The topological polar surface area (TPSA) is 106 Å². The maximum absolute atomic E-state index is 11.9. The predicted octanol–water partition coefficient (Wildman–Crippen LogP) is 1.31. The molecule has 3 heterocycles. The Balaban J connectivity index is 1.43. The van der Waals surface area contributed by atoms with E-state index in [0.29, 0.717) is 12.4 Å². The van der Waals surface area contributed by atoms with Crippen molar-refractivity contribution in [1.29, 1.82) is 0 Å². The molecule has 0 aromatic carbocycles. The summed E-state index contributed by atoms with van der Waals surface area (Å²) in [6, 6.07) is 8.65. The van der Waals surface area contributed by atoms with Crippen LogP contribution in [-0.2, 0) is 21.4 Å². The van der Waals surface area contributed by atoms with E-state index in [1.54, 1.807) is 34.7 Å². The van der Waals surface area contributed by atoms with E-state index in [1.165, 1.54) is 6.07 Å². The van der Waals surface area contributed by atoms with Crippen molar-refractivity contribution in [3.05, 3.63) is 59.9 Å². The number of amides is 1. The van der Waals surface area contributed by atoms with Crippen LogP contribution in [0.2, 0.25) is 0 Å². The third-order valence-electron chi connectivity index (χ3n) is 3.44. The molecule has 0 unspecified atom stereocenters. The summed E-state index contributed by atoms with van der Waals surface area (Å²) in [4.78, 5) is 16.1. The van der Waals surface area contributed by atoms with Gasteiger partial charge in [0.25, 0.3) is 0 Å². The zero-order valence-electron chi connectivity index (χ0n) is 13.7. The first-order valence-corrected chi connectivity index (χ1v) is 10.2. The van der Waals surface area contributed by atoms with Crippen molar-refractivity contribution in [3.8, 4) is 5.82 Å². The summed E-state index contributed by atoms with van der Waals surface area (Å²) in [6.45, 7) is 0.367. The van der Waals surface area contributed by atoms with Crippen molar-refractivity contribution in [3.63, 3.8) is 0 Å². The zero-order valence-corrected chi connectivity index (χ0v) is 15.3.